The Morgan fingerprint density at radius 3 is 0.544 bits per heavy atom. The van der Waals surface area contributed by atoms with Gasteiger partial charge in [0.25, 0.3) is 0 Å². The van der Waals surface area contributed by atoms with Gasteiger partial charge in [-0.2, -0.15) is 40.9 Å². The monoisotopic (exact) mass is 976 g/mol. The van der Waals surface area contributed by atoms with Crippen molar-refractivity contribution in [1.29, 1.82) is 0 Å². The number of azo groups is 4. The standard InChI is InChI=1S/C52H36Cl4N8O4/c53-37-1-9-41(10-2-37)57-61-45-21-29-17-31-23-46(62-58-42-11-3-38(54)4-12-42)25-33(50(31)66)19-35-27-48(64-60-44-15-7-40(56)8-16-44)28-36(52(35)68)20-34-26-47(63-59-43-13-5-39(55)6-14-43)24-32(51(34)67)18-30(22-45)49(29)65/h1-16,21-28,65-68H,17-20H2. The van der Waals surface area contributed by atoms with Crippen LogP contribution < -0.4 is 0 Å². The molecule has 0 heterocycles. The van der Waals surface area contributed by atoms with E-state index in [1.807, 2.05) is 0 Å². The molecule has 8 aromatic rings. The highest BCUT2D eigenvalue weighted by Crippen LogP contribution is 2.43. The van der Waals surface area contributed by atoms with E-state index >= 15 is 0 Å². The van der Waals surface area contributed by atoms with Crippen LogP contribution in [-0.4, -0.2) is 20.4 Å². The minimum atomic E-state index is -0.0932. The van der Waals surface area contributed by atoms with Crippen molar-refractivity contribution >= 4 is 91.9 Å². The minimum absolute atomic E-state index is 0.00850. The molecule has 0 radical (unpaired) electrons. The lowest BCUT2D eigenvalue weighted by Crippen LogP contribution is -2.01. The van der Waals surface area contributed by atoms with E-state index in [-0.39, 0.29) is 48.7 Å². The number of aromatic hydroxyl groups is 4. The van der Waals surface area contributed by atoms with E-state index in [9.17, 15) is 20.4 Å². The summed E-state index contributed by atoms with van der Waals surface area (Å²) in [5, 5.41) is 86.6. The molecule has 8 bridgehead atoms. The quantitative estimate of drug-likeness (QED) is 0.111. The fourth-order valence-electron chi connectivity index (χ4n) is 7.59. The molecule has 4 N–H and O–H groups in total. The number of fused-ring (bicyclic) bond motifs is 8. The lowest BCUT2D eigenvalue weighted by Gasteiger charge is -2.18. The third-order valence-electron chi connectivity index (χ3n) is 11.0. The first kappa shape index (κ1) is 45.7. The molecular formula is C52H36Cl4N8O4. The molecule has 16 heteroatoms. The summed E-state index contributed by atoms with van der Waals surface area (Å²) in [5.41, 5.74) is 6.85. The van der Waals surface area contributed by atoms with Crippen LogP contribution >= 0.6 is 46.4 Å². The van der Waals surface area contributed by atoms with Gasteiger partial charge in [0.15, 0.2) is 0 Å². The van der Waals surface area contributed by atoms with Crippen LogP contribution in [0.25, 0.3) is 0 Å². The highest BCUT2D eigenvalue weighted by Gasteiger charge is 2.22. The molecule has 0 atom stereocenters. The van der Waals surface area contributed by atoms with Gasteiger partial charge in [-0.15, -0.1) is 0 Å². The summed E-state index contributed by atoms with van der Waals surface area (Å²) in [4.78, 5) is 0. The third-order valence-corrected chi connectivity index (χ3v) is 12.0. The second kappa shape index (κ2) is 20.2. The second-order valence-corrected chi connectivity index (χ2v) is 17.6. The van der Waals surface area contributed by atoms with Gasteiger partial charge < -0.3 is 20.4 Å². The topological polar surface area (TPSA) is 180 Å². The Hall–Kier alpha value is -7.48. The number of nitrogens with zero attached hydrogens (tertiary/aromatic N) is 8. The van der Waals surface area contributed by atoms with Crippen molar-refractivity contribution < 1.29 is 20.4 Å². The van der Waals surface area contributed by atoms with Gasteiger partial charge in [-0.25, -0.2) is 0 Å². The Morgan fingerprint density at radius 1 is 0.235 bits per heavy atom. The maximum absolute atomic E-state index is 12.1. The van der Waals surface area contributed by atoms with E-state index in [1.165, 1.54) is 0 Å². The van der Waals surface area contributed by atoms with E-state index in [1.54, 1.807) is 146 Å². The predicted molar refractivity (Wildman–Crippen MR) is 266 cm³/mol. The second-order valence-electron chi connectivity index (χ2n) is 15.9. The van der Waals surface area contributed by atoms with Crippen molar-refractivity contribution in [1.82, 2.24) is 0 Å². The molecule has 1 aliphatic carbocycles. The minimum Gasteiger partial charge on any atom is -0.507 e. The number of phenolic OH excluding ortho intramolecular Hbond substituents is 4. The lowest BCUT2D eigenvalue weighted by atomic mass is 9.90. The van der Waals surface area contributed by atoms with Crippen molar-refractivity contribution in [3.8, 4) is 23.0 Å². The average Bonchev–Trinajstić information content (AvgIpc) is 3.33. The predicted octanol–water partition coefficient (Wildman–Crippen LogP) is 17.5. The van der Waals surface area contributed by atoms with Gasteiger partial charge >= 0.3 is 0 Å². The number of phenols is 4. The largest absolute Gasteiger partial charge is 0.507 e. The van der Waals surface area contributed by atoms with Crippen LogP contribution in [0, 0.1) is 0 Å². The van der Waals surface area contributed by atoms with E-state index in [2.05, 4.69) is 40.9 Å². The Balaban J connectivity index is 1.24. The molecule has 0 aliphatic heterocycles. The normalized spacial score (nSPS) is 12.8. The van der Waals surface area contributed by atoms with Crippen molar-refractivity contribution in [2.24, 2.45) is 40.9 Å². The van der Waals surface area contributed by atoms with Gasteiger partial charge in [-0.1, -0.05) is 46.4 Å². The number of hydrogen-bond acceptors (Lipinski definition) is 12. The molecule has 0 aromatic heterocycles. The summed E-state index contributed by atoms with van der Waals surface area (Å²) in [5.74, 6) is -0.373. The molecule has 0 spiro atoms. The van der Waals surface area contributed by atoms with Crippen molar-refractivity contribution in [3.05, 3.63) is 210 Å². The Kier molecular flexibility index (Phi) is 13.5. The molecular weight excluding hydrogens is 942 g/mol. The Bertz CT molecular complexity index is 2770. The molecule has 0 saturated heterocycles. The molecule has 0 fully saturated rings. The Labute approximate surface area is 409 Å². The summed E-state index contributed by atoms with van der Waals surface area (Å²) < 4.78 is 0. The van der Waals surface area contributed by atoms with E-state index in [4.69, 9.17) is 46.4 Å². The number of rotatable bonds is 8. The first-order chi connectivity index (χ1) is 32.9. The van der Waals surface area contributed by atoms with Gasteiger partial charge in [0.2, 0.25) is 0 Å². The van der Waals surface area contributed by atoms with Gasteiger partial charge in [-0.05, 0) is 146 Å². The third kappa shape index (κ3) is 11.0. The maximum atomic E-state index is 12.1. The highest BCUT2D eigenvalue weighted by atomic mass is 35.5. The molecule has 1 aliphatic rings. The Morgan fingerprint density at radius 2 is 0.382 bits per heavy atom. The summed E-state index contributed by atoms with van der Waals surface area (Å²) in [7, 11) is 0. The van der Waals surface area contributed by atoms with Gasteiger partial charge in [-0.3, -0.25) is 0 Å². The van der Waals surface area contributed by atoms with Gasteiger partial charge in [0, 0.05) is 90.3 Å². The van der Waals surface area contributed by atoms with Crippen LogP contribution in [0.5, 0.6) is 23.0 Å². The molecule has 9 rings (SSSR count). The lowest BCUT2D eigenvalue weighted by molar-refractivity contribution is 0.450. The van der Waals surface area contributed by atoms with Crippen molar-refractivity contribution in [2.45, 2.75) is 25.7 Å². The van der Waals surface area contributed by atoms with Crippen LogP contribution in [-0.2, 0) is 25.7 Å². The number of hydrogen-bond donors (Lipinski definition) is 4. The molecule has 8 aromatic carbocycles. The molecule has 0 amide bonds. The van der Waals surface area contributed by atoms with Crippen molar-refractivity contribution in [3.63, 3.8) is 0 Å². The fraction of sp³-hybridized carbons (Fsp3) is 0.0769. The number of benzene rings is 8. The average molecular weight is 979 g/mol. The SMILES string of the molecule is Oc1c2cc(N=Nc3ccc(Cl)cc3)cc1Cc1cc(N=Nc3ccc(Cl)cc3)cc(c1O)Cc1cc(N=Nc3ccc(Cl)cc3)cc(c1O)Cc1cc(N=Nc3ccc(Cl)cc3)cc(c1O)C2. The summed E-state index contributed by atoms with van der Waals surface area (Å²) >= 11 is 24.5. The summed E-state index contributed by atoms with van der Waals surface area (Å²) in [6, 6.07) is 40.9. The van der Waals surface area contributed by atoms with Crippen LogP contribution in [0.2, 0.25) is 20.1 Å². The maximum Gasteiger partial charge on any atom is 0.122 e. The van der Waals surface area contributed by atoms with E-state index in [0.29, 0.717) is 110 Å². The smallest absolute Gasteiger partial charge is 0.122 e. The zero-order chi connectivity index (χ0) is 47.3. The van der Waals surface area contributed by atoms with Crippen LogP contribution in [0.3, 0.4) is 0 Å². The summed E-state index contributed by atoms with van der Waals surface area (Å²) in [6.45, 7) is 0. The first-order valence-corrected chi connectivity index (χ1v) is 22.5. The van der Waals surface area contributed by atoms with Gasteiger partial charge in [0.1, 0.15) is 23.0 Å². The molecule has 0 unspecified atom stereocenters. The first-order valence-electron chi connectivity index (χ1n) is 21.0. The van der Waals surface area contributed by atoms with Crippen molar-refractivity contribution in [2.75, 3.05) is 0 Å². The van der Waals surface area contributed by atoms with Crippen LogP contribution in [0.15, 0.2) is 187 Å². The fourth-order valence-corrected chi connectivity index (χ4v) is 8.09. The number of halogens is 4. The molecule has 0 saturated carbocycles. The van der Waals surface area contributed by atoms with Gasteiger partial charge in [0.05, 0.1) is 45.5 Å². The van der Waals surface area contributed by atoms with Crippen LogP contribution in [0.1, 0.15) is 44.5 Å². The zero-order valence-corrected chi connectivity index (χ0v) is 38.6. The summed E-state index contributed by atoms with van der Waals surface area (Å²) in [6.07, 6.45) is -0.0340. The van der Waals surface area contributed by atoms with E-state index < -0.39 is 0 Å². The molecule has 12 nitrogen and oxygen atoms in total. The zero-order valence-electron chi connectivity index (χ0n) is 35.6. The highest BCUT2D eigenvalue weighted by molar-refractivity contribution is 6.31. The van der Waals surface area contributed by atoms with Crippen LogP contribution in [0.4, 0.5) is 45.5 Å². The molecule has 68 heavy (non-hydrogen) atoms. The molecule has 336 valence electrons. The van der Waals surface area contributed by atoms with E-state index in [0.717, 1.165) is 0 Å².